The SMILES string of the molecule is CONc1ccc(NC2CCN(C(=O)CCCC3CCN(c4ccc(C(C)(C)C)cc4)CC3)CC2)cc1C(F)(F)F. The Kier molecular flexibility index (Phi) is 10.1. The third-order valence-corrected chi connectivity index (χ3v) is 8.47. The highest BCUT2D eigenvalue weighted by Crippen LogP contribution is 2.37. The maximum Gasteiger partial charge on any atom is 0.418 e. The molecular weight excluding hydrogens is 529 g/mol. The van der Waals surface area contributed by atoms with Crippen LogP contribution in [0, 0.1) is 5.92 Å². The highest BCUT2D eigenvalue weighted by Gasteiger charge is 2.34. The number of rotatable bonds is 9. The average Bonchev–Trinajstić information content (AvgIpc) is 2.94. The topological polar surface area (TPSA) is 56.8 Å². The molecule has 4 rings (SSSR count). The summed E-state index contributed by atoms with van der Waals surface area (Å²) in [7, 11) is 1.28. The molecule has 0 radical (unpaired) electrons. The molecule has 2 N–H and O–H groups in total. The number of carbonyl (C=O) groups is 1. The molecule has 0 aliphatic carbocycles. The summed E-state index contributed by atoms with van der Waals surface area (Å²) in [6, 6.07) is 13.1. The van der Waals surface area contributed by atoms with Gasteiger partial charge < -0.3 is 15.1 Å². The number of hydrogen-bond acceptors (Lipinski definition) is 5. The first-order valence-electron chi connectivity index (χ1n) is 14.8. The number of carbonyl (C=O) groups excluding carboxylic acids is 1. The van der Waals surface area contributed by atoms with Gasteiger partial charge in [-0.1, -0.05) is 32.9 Å². The van der Waals surface area contributed by atoms with Crippen molar-refractivity contribution in [2.24, 2.45) is 5.92 Å². The van der Waals surface area contributed by atoms with Crippen LogP contribution in [0.1, 0.15) is 76.8 Å². The van der Waals surface area contributed by atoms with E-state index < -0.39 is 11.7 Å². The number of benzene rings is 2. The lowest BCUT2D eigenvalue weighted by atomic mass is 9.87. The first kappa shape index (κ1) is 31.0. The fraction of sp³-hybridized carbons (Fsp3) is 0.594. The zero-order chi connectivity index (χ0) is 29.6. The number of piperidine rings is 2. The Morgan fingerprint density at radius 3 is 2.20 bits per heavy atom. The standard InChI is InChI=1S/C32H45F3N4O2/c1-31(2,3)24-8-11-27(12-9-24)38-18-14-23(15-19-38)6-5-7-30(40)39-20-16-25(17-21-39)36-26-10-13-29(37-41-4)28(22-26)32(33,34)35/h8-13,22-23,25,36-37H,5-7,14-21H2,1-4H3. The predicted octanol–water partition coefficient (Wildman–Crippen LogP) is 7.47. The van der Waals surface area contributed by atoms with Gasteiger partial charge in [0.1, 0.15) is 0 Å². The summed E-state index contributed by atoms with van der Waals surface area (Å²) in [4.78, 5) is 21.9. The Balaban J connectivity index is 1.15. The van der Waals surface area contributed by atoms with Gasteiger partial charge in [-0.2, -0.15) is 13.2 Å². The van der Waals surface area contributed by atoms with Crippen LogP contribution < -0.4 is 15.7 Å². The van der Waals surface area contributed by atoms with Crippen molar-refractivity contribution in [3.05, 3.63) is 53.6 Å². The molecule has 1 amide bonds. The Morgan fingerprint density at radius 2 is 1.61 bits per heavy atom. The van der Waals surface area contributed by atoms with Crippen molar-refractivity contribution in [3.8, 4) is 0 Å². The van der Waals surface area contributed by atoms with E-state index in [1.165, 1.54) is 24.4 Å². The molecule has 6 nitrogen and oxygen atoms in total. The van der Waals surface area contributed by atoms with Crippen molar-refractivity contribution in [1.29, 1.82) is 0 Å². The third-order valence-electron chi connectivity index (χ3n) is 8.47. The van der Waals surface area contributed by atoms with Gasteiger partial charge in [0.15, 0.2) is 0 Å². The molecule has 2 aromatic rings. The lowest BCUT2D eigenvalue weighted by molar-refractivity contribution is -0.137. The number of hydrogen-bond donors (Lipinski definition) is 2. The monoisotopic (exact) mass is 574 g/mol. The maximum atomic E-state index is 13.5. The normalized spacial score (nSPS) is 17.5. The second-order valence-corrected chi connectivity index (χ2v) is 12.5. The van der Waals surface area contributed by atoms with Gasteiger partial charge in [0.2, 0.25) is 5.91 Å². The molecule has 2 aliphatic heterocycles. The molecule has 9 heteroatoms. The van der Waals surface area contributed by atoms with Crippen LogP contribution in [0.5, 0.6) is 0 Å². The minimum atomic E-state index is -4.50. The lowest BCUT2D eigenvalue weighted by Gasteiger charge is -2.34. The van der Waals surface area contributed by atoms with Crippen LogP contribution in [-0.4, -0.2) is 50.1 Å². The molecule has 41 heavy (non-hydrogen) atoms. The van der Waals surface area contributed by atoms with Crippen molar-refractivity contribution < 1.29 is 22.8 Å². The quantitative estimate of drug-likeness (QED) is 0.305. The summed E-state index contributed by atoms with van der Waals surface area (Å²) < 4.78 is 40.4. The molecule has 2 saturated heterocycles. The Labute approximate surface area is 242 Å². The van der Waals surface area contributed by atoms with E-state index in [9.17, 15) is 18.0 Å². The van der Waals surface area contributed by atoms with Crippen LogP contribution in [0.25, 0.3) is 0 Å². The fourth-order valence-electron chi connectivity index (χ4n) is 5.93. The molecule has 0 unspecified atom stereocenters. The molecule has 0 bridgehead atoms. The molecule has 2 aromatic carbocycles. The van der Waals surface area contributed by atoms with Crippen LogP contribution in [0.2, 0.25) is 0 Å². The number of nitrogens with zero attached hydrogens (tertiary/aromatic N) is 2. The van der Waals surface area contributed by atoms with Gasteiger partial charge >= 0.3 is 6.18 Å². The number of anilines is 3. The molecule has 0 saturated carbocycles. The summed E-state index contributed by atoms with van der Waals surface area (Å²) in [6.45, 7) is 10.1. The zero-order valence-corrected chi connectivity index (χ0v) is 24.8. The number of likely N-dealkylation sites (tertiary alicyclic amines) is 1. The average molecular weight is 575 g/mol. The molecule has 226 valence electrons. The fourth-order valence-corrected chi connectivity index (χ4v) is 5.93. The first-order valence-corrected chi connectivity index (χ1v) is 14.8. The minimum absolute atomic E-state index is 0.0243. The predicted molar refractivity (Wildman–Crippen MR) is 159 cm³/mol. The van der Waals surface area contributed by atoms with Crippen molar-refractivity contribution >= 4 is 23.0 Å². The van der Waals surface area contributed by atoms with E-state index in [1.54, 1.807) is 6.07 Å². The van der Waals surface area contributed by atoms with Crippen LogP contribution in [0.4, 0.5) is 30.2 Å². The van der Waals surface area contributed by atoms with Gasteiger partial charge in [-0.25, -0.2) is 0 Å². The van der Waals surface area contributed by atoms with Crippen molar-refractivity contribution in [3.63, 3.8) is 0 Å². The highest BCUT2D eigenvalue weighted by molar-refractivity contribution is 5.76. The van der Waals surface area contributed by atoms with Gasteiger partial charge in [-0.15, -0.1) is 0 Å². The van der Waals surface area contributed by atoms with Gasteiger partial charge in [0.25, 0.3) is 0 Å². The van der Waals surface area contributed by atoms with Crippen LogP contribution in [0.3, 0.4) is 0 Å². The summed E-state index contributed by atoms with van der Waals surface area (Å²) in [6.07, 6.45) is 1.79. The van der Waals surface area contributed by atoms with Gasteiger partial charge in [0, 0.05) is 50.0 Å². The summed E-state index contributed by atoms with van der Waals surface area (Å²) >= 11 is 0. The Hall–Kier alpha value is -2.94. The third kappa shape index (κ3) is 8.53. The van der Waals surface area contributed by atoms with Gasteiger partial charge in [-0.05, 0) is 85.8 Å². The van der Waals surface area contributed by atoms with Crippen LogP contribution >= 0.6 is 0 Å². The number of amides is 1. The molecular formula is C32H45F3N4O2. The summed E-state index contributed by atoms with van der Waals surface area (Å²) in [5.74, 6) is 0.851. The van der Waals surface area contributed by atoms with Gasteiger partial charge in [0.05, 0.1) is 18.4 Å². The van der Waals surface area contributed by atoms with Crippen LogP contribution in [-0.2, 0) is 21.2 Å². The molecule has 2 aliphatic rings. The zero-order valence-electron chi connectivity index (χ0n) is 24.8. The number of alkyl halides is 3. The summed E-state index contributed by atoms with van der Waals surface area (Å²) in [5.41, 5.74) is 4.61. The first-order chi connectivity index (χ1) is 19.4. The van der Waals surface area contributed by atoms with E-state index in [-0.39, 0.29) is 23.1 Å². The number of nitrogens with one attached hydrogen (secondary N) is 2. The number of halogens is 3. The maximum absolute atomic E-state index is 13.5. The smallest absolute Gasteiger partial charge is 0.382 e. The van der Waals surface area contributed by atoms with E-state index in [2.05, 4.69) is 65.6 Å². The minimum Gasteiger partial charge on any atom is -0.382 e. The Bertz CT molecular complexity index is 1130. The molecule has 2 fully saturated rings. The largest absolute Gasteiger partial charge is 0.418 e. The van der Waals surface area contributed by atoms with Gasteiger partial charge in [-0.3, -0.25) is 15.1 Å². The lowest BCUT2D eigenvalue weighted by Crippen LogP contribution is -2.42. The van der Waals surface area contributed by atoms with E-state index in [4.69, 9.17) is 0 Å². The second kappa shape index (κ2) is 13.4. The van der Waals surface area contributed by atoms with Crippen molar-refractivity contribution in [2.75, 3.05) is 49.0 Å². The van der Waals surface area contributed by atoms with Crippen LogP contribution in [0.15, 0.2) is 42.5 Å². The van der Waals surface area contributed by atoms with E-state index in [0.717, 1.165) is 44.8 Å². The Morgan fingerprint density at radius 1 is 0.951 bits per heavy atom. The molecule has 0 aromatic heterocycles. The van der Waals surface area contributed by atoms with E-state index in [0.29, 0.717) is 44.0 Å². The van der Waals surface area contributed by atoms with E-state index in [1.807, 2.05) is 4.90 Å². The molecule has 2 heterocycles. The summed E-state index contributed by atoms with van der Waals surface area (Å²) in [5, 5.41) is 3.22. The van der Waals surface area contributed by atoms with Crippen molar-refractivity contribution in [2.45, 2.75) is 83.4 Å². The van der Waals surface area contributed by atoms with Crippen molar-refractivity contribution in [1.82, 2.24) is 4.90 Å². The molecule has 0 spiro atoms. The highest BCUT2D eigenvalue weighted by atomic mass is 19.4. The second-order valence-electron chi connectivity index (χ2n) is 12.5. The van der Waals surface area contributed by atoms with E-state index >= 15 is 0 Å². The molecule has 0 atom stereocenters.